The summed E-state index contributed by atoms with van der Waals surface area (Å²) >= 11 is 0. The molecule has 0 aliphatic heterocycles. The van der Waals surface area contributed by atoms with Crippen LogP contribution in [0.1, 0.15) is 36.2 Å². The zero-order valence-corrected chi connectivity index (χ0v) is 16.5. The molecule has 1 amide bonds. The van der Waals surface area contributed by atoms with Gasteiger partial charge in [0, 0.05) is 18.7 Å². The summed E-state index contributed by atoms with van der Waals surface area (Å²) < 4.78 is 10.6. The van der Waals surface area contributed by atoms with Gasteiger partial charge in [0.05, 0.1) is 13.0 Å². The van der Waals surface area contributed by atoms with Gasteiger partial charge in [-0.3, -0.25) is 9.59 Å². The Morgan fingerprint density at radius 2 is 1.71 bits per heavy atom. The first kappa shape index (κ1) is 21.2. The predicted octanol–water partition coefficient (Wildman–Crippen LogP) is 4.24. The van der Waals surface area contributed by atoms with Crippen LogP contribution in [-0.4, -0.2) is 36.5 Å². The summed E-state index contributed by atoms with van der Waals surface area (Å²) in [7, 11) is 0. The fourth-order valence-corrected chi connectivity index (χ4v) is 2.60. The van der Waals surface area contributed by atoms with Crippen LogP contribution in [0, 0.1) is 0 Å². The van der Waals surface area contributed by atoms with Crippen molar-refractivity contribution in [2.45, 2.75) is 26.8 Å². The van der Waals surface area contributed by atoms with Crippen molar-refractivity contribution in [3.05, 3.63) is 77.9 Å². The molecule has 0 bridgehead atoms. The zero-order chi connectivity index (χ0) is 20.4. The van der Waals surface area contributed by atoms with Crippen molar-refractivity contribution in [2.24, 2.45) is 0 Å². The third-order valence-corrected chi connectivity index (χ3v) is 3.98. The largest absolute Gasteiger partial charge is 0.489 e. The van der Waals surface area contributed by atoms with Gasteiger partial charge in [0.15, 0.2) is 0 Å². The molecular weight excluding hydrogens is 354 g/mol. The van der Waals surface area contributed by atoms with Crippen molar-refractivity contribution in [1.82, 2.24) is 4.90 Å². The van der Waals surface area contributed by atoms with Gasteiger partial charge in [0.1, 0.15) is 12.4 Å². The second-order valence-corrected chi connectivity index (χ2v) is 6.54. The lowest BCUT2D eigenvalue weighted by Gasteiger charge is -2.23. The van der Waals surface area contributed by atoms with Crippen molar-refractivity contribution >= 4 is 11.9 Å². The number of ether oxygens (including phenoxy) is 2. The van der Waals surface area contributed by atoms with Crippen LogP contribution in [0.5, 0.6) is 5.75 Å². The third kappa shape index (κ3) is 6.91. The molecule has 28 heavy (non-hydrogen) atoms. The van der Waals surface area contributed by atoms with E-state index in [-0.39, 0.29) is 18.3 Å². The Hall–Kier alpha value is -3.08. The standard InChI is InChI=1S/C23H27NO4/c1-4-27-22(25)14-15-24(16-19-8-6-5-7-9-19)23(26)20-10-12-21(13-11-20)28-17-18(2)3/h5-13H,2,4,14-17H2,1,3H3. The molecule has 0 atom stereocenters. The van der Waals surface area contributed by atoms with Gasteiger partial charge in [-0.2, -0.15) is 0 Å². The number of nitrogens with zero attached hydrogens (tertiary/aromatic N) is 1. The number of benzene rings is 2. The Labute approximate surface area is 166 Å². The number of rotatable bonds is 10. The molecule has 0 aromatic heterocycles. The topological polar surface area (TPSA) is 55.8 Å². The Morgan fingerprint density at radius 3 is 2.32 bits per heavy atom. The van der Waals surface area contributed by atoms with Crippen LogP contribution in [0.25, 0.3) is 0 Å². The lowest BCUT2D eigenvalue weighted by Crippen LogP contribution is -2.32. The van der Waals surface area contributed by atoms with Crippen molar-refractivity contribution in [1.29, 1.82) is 0 Å². The number of esters is 1. The molecule has 5 heteroatoms. The molecule has 0 fully saturated rings. The highest BCUT2D eigenvalue weighted by molar-refractivity contribution is 5.94. The minimum atomic E-state index is -0.308. The van der Waals surface area contributed by atoms with Crippen LogP contribution in [-0.2, 0) is 16.1 Å². The van der Waals surface area contributed by atoms with E-state index in [0.29, 0.717) is 37.6 Å². The Kier molecular flexibility index (Phi) is 8.28. The van der Waals surface area contributed by atoms with Crippen molar-refractivity contribution in [3.63, 3.8) is 0 Å². The van der Waals surface area contributed by atoms with E-state index in [9.17, 15) is 9.59 Å². The van der Waals surface area contributed by atoms with Crippen LogP contribution < -0.4 is 4.74 Å². The second kappa shape index (κ2) is 10.9. The quantitative estimate of drug-likeness (QED) is 0.456. The van der Waals surface area contributed by atoms with E-state index >= 15 is 0 Å². The van der Waals surface area contributed by atoms with Crippen LogP contribution in [0.15, 0.2) is 66.7 Å². The average Bonchev–Trinajstić information content (AvgIpc) is 2.70. The Morgan fingerprint density at radius 1 is 1.04 bits per heavy atom. The molecule has 2 aromatic rings. The fourth-order valence-electron chi connectivity index (χ4n) is 2.60. The molecule has 0 aliphatic carbocycles. The number of amides is 1. The van der Waals surface area contributed by atoms with E-state index in [1.165, 1.54) is 0 Å². The summed E-state index contributed by atoms with van der Waals surface area (Å²) in [4.78, 5) is 26.4. The summed E-state index contributed by atoms with van der Waals surface area (Å²) in [5.74, 6) is 0.234. The van der Waals surface area contributed by atoms with E-state index in [0.717, 1.165) is 11.1 Å². The summed E-state index contributed by atoms with van der Waals surface area (Å²) in [6.07, 6.45) is 0.159. The Bertz CT molecular complexity index is 784. The summed E-state index contributed by atoms with van der Waals surface area (Å²) in [6, 6.07) is 16.7. The summed E-state index contributed by atoms with van der Waals surface area (Å²) in [5, 5.41) is 0. The van der Waals surface area contributed by atoms with Gasteiger partial charge < -0.3 is 14.4 Å². The van der Waals surface area contributed by atoms with E-state index in [2.05, 4.69) is 6.58 Å². The monoisotopic (exact) mass is 381 g/mol. The van der Waals surface area contributed by atoms with E-state index in [4.69, 9.17) is 9.47 Å². The molecule has 0 saturated heterocycles. The first-order valence-corrected chi connectivity index (χ1v) is 9.35. The van der Waals surface area contributed by atoms with Gasteiger partial charge in [-0.25, -0.2) is 0 Å². The SMILES string of the molecule is C=C(C)COc1ccc(C(=O)N(CCC(=O)OCC)Cc2ccccc2)cc1. The fraction of sp³-hybridized carbons (Fsp3) is 0.304. The number of carbonyl (C=O) groups is 2. The van der Waals surface area contributed by atoms with Gasteiger partial charge in [0.25, 0.3) is 5.91 Å². The highest BCUT2D eigenvalue weighted by atomic mass is 16.5. The van der Waals surface area contributed by atoms with Crippen molar-refractivity contribution in [3.8, 4) is 5.75 Å². The molecule has 5 nitrogen and oxygen atoms in total. The first-order valence-electron chi connectivity index (χ1n) is 9.35. The van der Waals surface area contributed by atoms with E-state index in [1.54, 1.807) is 36.1 Å². The molecule has 0 radical (unpaired) electrons. The van der Waals surface area contributed by atoms with Crippen LogP contribution >= 0.6 is 0 Å². The van der Waals surface area contributed by atoms with Crippen LogP contribution in [0.4, 0.5) is 0 Å². The van der Waals surface area contributed by atoms with Crippen LogP contribution in [0.2, 0.25) is 0 Å². The highest BCUT2D eigenvalue weighted by Gasteiger charge is 2.18. The second-order valence-electron chi connectivity index (χ2n) is 6.54. The highest BCUT2D eigenvalue weighted by Crippen LogP contribution is 2.16. The molecule has 2 rings (SSSR count). The maximum absolute atomic E-state index is 13.0. The predicted molar refractivity (Wildman–Crippen MR) is 109 cm³/mol. The lowest BCUT2D eigenvalue weighted by molar-refractivity contribution is -0.143. The zero-order valence-electron chi connectivity index (χ0n) is 16.5. The molecule has 0 heterocycles. The summed E-state index contributed by atoms with van der Waals surface area (Å²) in [6.45, 7) is 8.94. The molecule has 0 spiro atoms. The molecule has 0 unspecified atom stereocenters. The minimum Gasteiger partial charge on any atom is -0.489 e. The molecule has 0 saturated carbocycles. The van der Waals surface area contributed by atoms with Crippen molar-refractivity contribution in [2.75, 3.05) is 19.8 Å². The summed E-state index contributed by atoms with van der Waals surface area (Å²) in [5.41, 5.74) is 2.47. The molecule has 0 N–H and O–H groups in total. The smallest absolute Gasteiger partial charge is 0.307 e. The van der Waals surface area contributed by atoms with Gasteiger partial charge in [-0.15, -0.1) is 0 Å². The van der Waals surface area contributed by atoms with Crippen LogP contribution in [0.3, 0.4) is 0 Å². The number of hydrogen-bond donors (Lipinski definition) is 0. The van der Waals surface area contributed by atoms with Crippen molar-refractivity contribution < 1.29 is 19.1 Å². The average molecular weight is 381 g/mol. The first-order chi connectivity index (χ1) is 13.5. The van der Waals surface area contributed by atoms with Gasteiger partial charge in [0.2, 0.25) is 0 Å². The van der Waals surface area contributed by atoms with Gasteiger partial charge >= 0.3 is 5.97 Å². The van der Waals surface area contributed by atoms with E-state index < -0.39 is 0 Å². The molecule has 148 valence electrons. The Balaban J connectivity index is 2.10. The third-order valence-electron chi connectivity index (χ3n) is 3.98. The molecular formula is C23H27NO4. The molecule has 2 aromatic carbocycles. The number of hydrogen-bond acceptors (Lipinski definition) is 4. The normalized spacial score (nSPS) is 10.2. The van der Waals surface area contributed by atoms with Gasteiger partial charge in [-0.1, -0.05) is 36.9 Å². The maximum atomic E-state index is 13.0. The maximum Gasteiger partial charge on any atom is 0.307 e. The lowest BCUT2D eigenvalue weighted by atomic mass is 10.1. The number of carbonyl (C=O) groups excluding carboxylic acids is 2. The van der Waals surface area contributed by atoms with E-state index in [1.807, 2.05) is 37.3 Å². The minimum absolute atomic E-state index is 0.139. The van der Waals surface area contributed by atoms with Gasteiger partial charge in [-0.05, 0) is 49.2 Å². The molecule has 0 aliphatic rings.